The minimum absolute atomic E-state index is 0.287. The standard InChI is InChI=1S/C19H20N6O2/c1-5-12(25-7-6-11(2)24-25)8-15(21-3)16-9-13-14(19(26)27-4)10-22-18(20)17(13)23-16/h5-10,23H,1H2,2-4H3,(H2,20,22)/b12-8+,21-15?. The lowest BCUT2D eigenvalue weighted by atomic mass is 10.1. The van der Waals surface area contributed by atoms with E-state index in [1.165, 1.54) is 13.3 Å². The van der Waals surface area contributed by atoms with Gasteiger partial charge in [0.05, 0.1) is 41.0 Å². The fourth-order valence-electron chi connectivity index (χ4n) is 2.73. The summed E-state index contributed by atoms with van der Waals surface area (Å²) in [6.45, 7) is 5.76. The normalized spacial score (nSPS) is 12.4. The van der Waals surface area contributed by atoms with Gasteiger partial charge in [-0.3, -0.25) is 4.99 Å². The minimum atomic E-state index is -0.484. The molecular formula is C19H20N6O2. The Kier molecular flexibility index (Phi) is 4.89. The van der Waals surface area contributed by atoms with Crippen LogP contribution in [-0.4, -0.2) is 45.6 Å². The summed E-state index contributed by atoms with van der Waals surface area (Å²) < 4.78 is 6.54. The van der Waals surface area contributed by atoms with Crippen LogP contribution >= 0.6 is 0 Å². The Bertz CT molecular complexity index is 1090. The van der Waals surface area contributed by atoms with Gasteiger partial charge in [0.1, 0.15) is 5.82 Å². The number of allylic oxidation sites excluding steroid dienone is 3. The number of aryl methyl sites for hydroxylation is 1. The Morgan fingerprint density at radius 1 is 1.48 bits per heavy atom. The molecule has 0 bridgehead atoms. The third kappa shape index (κ3) is 3.37. The van der Waals surface area contributed by atoms with E-state index < -0.39 is 5.97 Å². The third-order valence-electron chi connectivity index (χ3n) is 4.10. The number of H-pyrrole nitrogens is 1. The zero-order valence-corrected chi connectivity index (χ0v) is 15.4. The molecule has 0 radical (unpaired) electrons. The van der Waals surface area contributed by atoms with Crippen molar-refractivity contribution >= 4 is 34.1 Å². The van der Waals surface area contributed by atoms with Gasteiger partial charge in [0.2, 0.25) is 0 Å². The van der Waals surface area contributed by atoms with E-state index in [9.17, 15) is 4.79 Å². The van der Waals surface area contributed by atoms with Gasteiger partial charge in [-0.15, -0.1) is 0 Å². The summed E-state index contributed by atoms with van der Waals surface area (Å²) in [5.74, 6) is -0.197. The van der Waals surface area contributed by atoms with Crippen molar-refractivity contribution in [2.75, 3.05) is 19.9 Å². The van der Waals surface area contributed by atoms with Gasteiger partial charge in [-0.25, -0.2) is 14.5 Å². The van der Waals surface area contributed by atoms with E-state index in [0.717, 1.165) is 11.4 Å². The third-order valence-corrected chi connectivity index (χ3v) is 4.10. The number of ether oxygens (including phenoxy) is 1. The molecule has 138 valence electrons. The molecule has 0 unspecified atom stereocenters. The number of rotatable bonds is 5. The quantitative estimate of drug-likeness (QED) is 0.411. The van der Waals surface area contributed by atoms with Gasteiger partial charge < -0.3 is 15.5 Å². The van der Waals surface area contributed by atoms with Crippen molar-refractivity contribution in [1.82, 2.24) is 19.7 Å². The fraction of sp³-hybridized carbons (Fsp3) is 0.158. The summed E-state index contributed by atoms with van der Waals surface area (Å²) in [5.41, 5.74) is 9.81. The molecule has 0 saturated carbocycles. The first-order valence-corrected chi connectivity index (χ1v) is 8.18. The van der Waals surface area contributed by atoms with Crippen LogP contribution in [0.2, 0.25) is 0 Å². The lowest BCUT2D eigenvalue weighted by Crippen LogP contribution is -2.03. The molecule has 3 aromatic rings. The Labute approximate surface area is 156 Å². The maximum Gasteiger partial charge on any atom is 0.340 e. The summed E-state index contributed by atoms with van der Waals surface area (Å²) in [5, 5.41) is 5.01. The van der Waals surface area contributed by atoms with Crippen LogP contribution in [0.1, 0.15) is 21.7 Å². The molecule has 8 nitrogen and oxygen atoms in total. The number of nitrogens with two attached hydrogens (primary N) is 1. The number of aromatic nitrogens is 4. The Morgan fingerprint density at radius 2 is 2.26 bits per heavy atom. The topological polar surface area (TPSA) is 111 Å². The molecule has 0 atom stereocenters. The van der Waals surface area contributed by atoms with Crippen molar-refractivity contribution in [2.45, 2.75) is 6.92 Å². The van der Waals surface area contributed by atoms with Gasteiger partial charge in [0, 0.05) is 24.8 Å². The Morgan fingerprint density at radius 3 is 2.85 bits per heavy atom. The predicted molar refractivity (Wildman–Crippen MR) is 106 cm³/mol. The first-order valence-electron chi connectivity index (χ1n) is 8.18. The number of nitrogen functional groups attached to an aromatic ring is 1. The van der Waals surface area contributed by atoms with E-state index in [1.807, 2.05) is 25.3 Å². The molecule has 8 heteroatoms. The second-order valence-corrected chi connectivity index (χ2v) is 5.80. The maximum atomic E-state index is 12.0. The van der Waals surface area contributed by atoms with E-state index in [-0.39, 0.29) is 5.82 Å². The monoisotopic (exact) mass is 364 g/mol. The van der Waals surface area contributed by atoms with Crippen LogP contribution in [0.4, 0.5) is 5.82 Å². The van der Waals surface area contributed by atoms with Crippen LogP contribution in [0, 0.1) is 6.92 Å². The average Bonchev–Trinajstić information content (AvgIpc) is 3.30. The maximum absolute atomic E-state index is 12.0. The summed E-state index contributed by atoms with van der Waals surface area (Å²) in [4.78, 5) is 23.6. The molecule has 27 heavy (non-hydrogen) atoms. The number of esters is 1. The number of nitrogens with one attached hydrogen (secondary N) is 1. The van der Waals surface area contributed by atoms with Gasteiger partial charge >= 0.3 is 5.97 Å². The lowest BCUT2D eigenvalue weighted by Gasteiger charge is -2.04. The smallest absolute Gasteiger partial charge is 0.340 e. The zero-order valence-electron chi connectivity index (χ0n) is 15.4. The first-order chi connectivity index (χ1) is 13.0. The number of hydrogen-bond acceptors (Lipinski definition) is 6. The molecule has 0 fully saturated rings. The van der Waals surface area contributed by atoms with E-state index in [4.69, 9.17) is 10.5 Å². The number of aliphatic imine (C=N–C) groups is 1. The van der Waals surface area contributed by atoms with E-state index in [0.29, 0.717) is 27.9 Å². The highest BCUT2D eigenvalue weighted by atomic mass is 16.5. The number of methoxy groups -OCH3 is 1. The number of nitrogens with zero attached hydrogens (tertiary/aromatic N) is 4. The average molecular weight is 364 g/mol. The second-order valence-electron chi connectivity index (χ2n) is 5.80. The first kappa shape index (κ1) is 18.1. The fourth-order valence-corrected chi connectivity index (χ4v) is 2.73. The minimum Gasteiger partial charge on any atom is -0.465 e. The molecule has 0 aromatic carbocycles. The van der Waals surface area contributed by atoms with Gasteiger partial charge in [-0.1, -0.05) is 6.58 Å². The lowest BCUT2D eigenvalue weighted by molar-refractivity contribution is 0.0602. The number of fused-ring (bicyclic) bond motifs is 1. The van der Waals surface area contributed by atoms with Crippen LogP contribution in [0.15, 0.2) is 48.2 Å². The van der Waals surface area contributed by atoms with Gasteiger partial charge in [0.15, 0.2) is 0 Å². The van der Waals surface area contributed by atoms with Gasteiger partial charge in [0.25, 0.3) is 0 Å². The molecule has 0 spiro atoms. The van der Waals surface area contributed by atoms with Crippen LogP contribution in [0.25, 0.3) is 16.6 Å². The molecule has 0 saturated heterocycles. The molecule has 0 aliphatic carbocycles. The number of pyridine rings is 1. The van der Waals surface area contributed by atoms with Crippen molar-refractivity contribution in [3.63, 3.8) is 0 Å². The number of hydrogen-bond donors (Lipinski definition) is 2. The number of carbonyl (C=O) groups excluding carboxylic acids is 1. The van der Waals surface area contributed by atoms with Crippen molar-refractivity contribution in [2.24, 2.45) is 4.99 Å². The van der Waals surface area contributed by atoms with Gasteiger partial charge in [-0.2, -0.15) is 5.10 Å². The zero-order chi connectivity index (χ0) is 19.6. The summed E-state index contributed by atoms with van der Waals surface area (Å²) in [7, 11) is 3.00. The molecule has 3 heterocycles. The highest BCUT2D eigenvalue weighted by molar-refractivity contribution is 6.15. The van der Waals surface area contributed by atoms with E-state index >= 15 is 0 Å². The number of anilines is 1. The van der Waals surface area contributed by atoms with Crippen molar-refractivity contribution in [3.05, 3.63) is 60.2 Å². The number of carbonyl (C=O) groups is 1. The number of aromatic amines is 1. The van der Waals surface area contributed by atoms with Crippen LogP contribution in [0.5, 0.6) is 0 Å². The predicted octanol–water partition coefficient (Wildman–Crippen LogP) is 2.58. The summed E-state index contributed by atoms with van der Waals surface area (Å²) in [6, 6.07) is 3.70. The highest BCUT2D eigenvalue weighted by Crippen LogP contribution is 2.25. The highest BCUT2D eigenvalue weighted by Gasteiger charge is 2.17. The molecule has 3 N–H and O–H groups in total. The summed E-state index contributed by atoms with van der Waals surface area (Å²) in [6.07, 6.45) is 6.78. The second kappa shape index (κ2) is 7.28. The van der Waals surface area contributed by atoms with Crippen molar-refractivity contribution in [1.29, 1.82) is 0 Å². The van der Waals surface area contributed by atoms with Crippen molar-refractivity contribution < 1.29 is 9.53 Å². The van der Waals surface area contributed by atoms with E-state index in [1.54, 1.807) is 23.9 Å². The Balaban J connectivity index is 2.12. The Hall–Kier alpha value is -3.68. The largest absolute Gasteiger partial charge is 0.465 e. The van der Waals surface area contributed by atoms with Gasteiger partial charge in [-0.05, 0) is 31.2 Å². The SMILES string of the molecule is C=C/C(=C\C(=NC)c1cc2c(C(=O)OC)cnc(N)c2[nH]1)n1ccc(C)n1. The van der Waals surface area contributed by atoms with Crippen molar-refractivity contribution in [3.8, 4) is 0 Å². The van der Waals surface area contributed by atoms with Crippen LogP contribution in [0.3, 0.4) is 0 Å². The molecule has 0 aliphatic heterocycles. The molecule has 0 amide bonds. The molecular weight excluding hydrogens is 344 g/mol. The molecule has 0 aliphatic rings. The van der Waals surface area contributed by atoms with Crippen LogP contribution in [-0.2, 0) is 4.74 Å². The molecule has 3 rings (SSSR count). The summed E-state index contributed by atoms with van der Waals surface area (Å²) >= 11 is 0. The van der Waals surface area contributed by atoms with Crippen LogP contribution < -0.4 is 5.73 Å². The van der Waals surface area contributed by atoms with E-state index in [2.05, 4.69) is 26.6 Å². The molecule has 3 aromatic heterocycles.